The molecule has 4 nitrogen and oxygen atoms in total. The number of halogens is 2. The molecule has 2 rings (SSSR count). The van der Waals surface area contributed by atoms with Gasteiger partial charge in [0.2, 0.25) is 0 Å². The Labute approximate surface area is 116 Å². The lowest BCUT2D eigenvalue weighted by molar-refractivity contribution is 0.0169. The number of nitrogens with one attached hydrogen (secondary N) is 1. The van der Waals surface area contributed by atoms with Crippen LogP contribution in [-0.4, -0.2) is 30.1 Å². The maximum Gasteiger partial charge on any atom is 0.253 e. The van der Waals surface area contributed by atoms with Crippen LogP contribution in [0.15, 0.2) is 12.3 Å². The summed E-state index contributed by atoms with van der Waals surface area (Å²) in [6.45, 7) is 1.26. The minimum absolute atomic E-state index is 0.0961. The monoisotopic (exact) mass is 288 g/mol. The van der Waals surface area contributed by atoms with Crippen molar-refractivity contribution >= 4 is 29.1 Å². The molecule has 98 valence electrons. The maximum absolute atomic E-state index is 11.9. The number of hydrogen-bond donors (Lipinski definition) is 1. The third kappa shape index (κ3) is 3.57. The number of hydrogen-bond acceptors (Lipinski definition) is 3. The van der Waals surface area contributed by atoms with E-state index in [-0.39, 0.29) is 17.2 Å². The van der Waals surface area contributed by atoms with E-state index in [0.29, 0.717) is 17.1 Å². The first-order valence-corrected chi connectivity index (χ1v) is 6.63. The summed E-state index contributed by atoms with van der Waals surface area (Å²) in [5.74, 6) is -0.251. The molecule has 1 N–H and O–H groups in total. The van der Waals surface area contributed by atoms with Gasteiger partial charge in [-0.15, -0.1) is 0 Å². The lowest BCUT2D eigenvalue weighted by atomic mass is 10.1. The van der Waals surface area contributed by atoms with Gasteiger partial charge in [0, 0.05) is 19.3 Å². The Morgan fingerprint density at radius 3 is 3.06 bits per heavy atom. The molecule has 1 atom stereocenters. The van der Waals surface area contributed by atoms with Crippen molar-refractivity contribution in [1.82, 2.24) is 10.3 Å². The van der Waals surface area contributed by atoms with Gasteiger partial charge in [0.1, 0.15) is 5.15 Å². The standard InChI is InChI=1S/C12H14Cl2N2O2/c13-10-7-15-11(14)5-9(10)12(17)16-6-8-3-1-2-4-18-8/h5,7-8H,1-4,6H2,(H,16,17). The van der Waals surface area contributed by atoms with Gasteiger partial charge in [-0.1, -0.05) is 23.2 Å². The van der Waals surface area contributed by atoms with Gasteiger partial charge in [-0.05, 0) is 25.3 Å². The molecule has 0 bridgehead atoms. The Hall–Kier alpha value is -0.840. The summed E-state index contributed by atoms with van der Waals surface area (Å²) in [4.78, 5) is 15.7. The van der Waals surface area contributed by atoms with Gasteiger partial charge in [-0.2, -0.15) is 0 Å². The predicted molar refractivity (Wildman–Crippen MR) is 70.2 cm³/mol. The number of amides is 1. The number of nitrogens with zero attached hydrogens (tertiary/aromatic N) is 1. The van der Waals surface area contributed by atoms with Crippen LogP contribution in [0.4, 0.5) is 0 Å². The molecule has 1 aromatic heterocycles. The molecule has 18 heavy (non-hydrogen) atoms. The summed E-state index contributed by atoms with van der Waals surface area (Å²) in [6, 6.07) is 1.46. The third-order valence-electron chi connectivity index (χ3n) is 2.83. The van der Waals surface area contributed by atoms with Gasteiger partial charge in [0.25, 0.3) is 5.91 Å². The fourth-order valence-electron chi connectivity index (χ4n) is 1.86. The van der Waals surface area contributed by atoms with Crippen molar-refractivity contribution < 1.29 is 9.53 Å². The normalized spacial score (nSPS) is 19.6. The number of pyridine rings is 1. The van der Waals surface area contributed by atoms with Gasteiger partial charge in [-0.25, -0.2) is 4.98 Å². The number of carbonyl (C=O) groups is 1. The van der Waals surface area contributed by atoms with Crippen LogP contribution in [0.1, 0.15) is 29.6 Å². The summed E-state index contributed by atoms with van der Waals surface area (Å²) >= 11 is 11.6. The second-order valence-electron chi connectivity index (χ2n) is 4.19. The Bertz CT molecular complexity index is 434. The molecule has 0 aliphatic carbocycles. The van der Waals surface area contributed by atoms with E-state index in [2.05, 4.69) is 10.3 Å². The van der Waals surface area contributed by atoms with E-state index in [4.69, 9.17) is 27.9 Å². The minimum Gasteiger partial charge on any atom is -0.376 e. The number of aromatic nitrogens is 1. The highest BCUT2D eigenvalue weighted by Gasteiger charge is 2.17. The molecule has 1 fully saturated rings. The smallest absolute Gasteiger partial charge is 0.253 e. The second kappa shape index (κ2) is 6.36. The highest BCUT2D eigenvalue weighted by Crippen LogP contribution is 2.18. The van der Waals surface area contributed by atoms with Crippen LogP contribution in [0.3, 0.4) is 0 Å². The van der Waals surface area contributed by atoms with Crippen LogP contribution in [0.2, 0.25) is 10.2 Å². The van der Waals surface area contributed by atoms with Crippen LogP contribution >= 0.6 is 23.2 Å². The molecule has 0 spiro atoms. The van der Waals surface area contributed by atoms with Crippen molar-refractivity contribution in [3.63, 3.8) is 0 Å². The first-order chi connectivity index (χ1) is 8.66. The lowest BCUT2D eigenvalue weighted by Gasteiger charge is -2.22. The SMILES string of the molecule is O=C(NCC1CCCCO1)c1cc(Cl)ncc1Cl. The molecule has 0 saturated carbocycles. The first-order valence-electron chi connectivity index (χ1n) is 5.87. The van der Waals surface area contributed by atoms with E-state index >= 15 is 0 Å². The molecule has 0 aromatic carbocycles. The maximum atomic E-state index is 11.9. The van der Waals surface area contributed by atoms with Crippen molar-refractivity contribution in [3.05, 3.63) is 28.0 Å². The van der Waals surface area contributed by atoms with E-state index in [0.717, 1.165) is 25.9 Å². The molecular weight excluding hydrogens is 275 g/mol. The Morgan fingerprint density at radius 2 is 2.33 bits per heavy atom. The van der Waals surface area contributed by atoms with Crippen LogP contribution in [0, 0.1) is 0 Å². The van der Waals surface area contributed by atoms with Crippen LogP contribution in [-0.2, 0) is 4.74 Å². The zero-order valence-electron chi connectivity index (χ0n) is 9.79. The zero-order valence-corrected chi connectivity index (χ0v) is 11.3. The largest absolute Gasteiger partial charge is 0.376 e. The van der Waals surface area contributed by atoms with Crippen molar-refractivity contribution in [3.8, 4) is 0 Å². The highest BCUT2D eigenvalue weighted by atomic mass is 35.5. The van der Waals surface area contributed by atoms with Gasteiger partial charge in [-0.3, -0.25) is 4.79 Å². The van der Waals surface area contributed by atoms with Crippen molar-refractivity contribution in [2.45, 2.75) is 25.4 Å². The number of ether oxygens (including phenoxy) is 1. The van der Waals surface area contributed by atoms with Crippen molar-refractivity contribution in [1.29, 1.82) is 0 Å². The van der Waals surface area contributed by atoms with Crippen LogP contribution in [0.5, 0.6) is 0 Å². The zero-order chi connectivity index (χ0) is 13.0. The van der Waals surface area contributed by atoms with E-state index in [1.54, 1.807) is 0 Å². The van der Waals surface area contributed by atoms with E-state index < -0.39 is 0 Å². The fraction of sp³-hybridized carbons (Fsp3) is 0.500. The van der Waals surface area contributed by atoms with Crippen molar-refractivity contribution in [2.75, 3.05) is 13.2 Å². The second-order valence-corrected chi connectivity index (χ2v) is 4.98. The van der Waals surface area contributed by atoms with E-state index in [1.807, 2.05) is 0 Å². The lowest BCUT2D eigenvalue weighted by Crippen LogP contribution is -2.35. The number of rotatable bonds is 3. The Balaban J connectivity index is 1.92. The first kappa shape index (κ1) is 13.6. The van der Waals surface area contributed by atoms with Crippen LogP contribution < -0.4 is 5.32 Å². The minimum atomic E-state index is -0.251. The van der Waals surface area contributed by atoms with E-state index in [9.17, 15) is 4.79 Å². The number of carbonyl (C=O) groups excluding carboxylic acids is 1. The summed E-state index contributed by atoms with van der Waals surface area (Å²) < 4.78 is 5.53. The van der Waals surface area contributed by atoms with Crippen LogP contribution in [0.25, 0.3) is 0 Å². The quantitative estimate of drug-likeness (QED) is 0.870. The fourth-order valence-corrected chi connectivity index (χ4v) is 2.20. The molecule has 1 saturated heterocycles. The van der Waals surface area contributed by atoms with Gasteiger partial charge in [0.05, 0.1) is 16.7 Å². The topological polar surface area (TPSA) is 51.2 Å². The summed E-state index contributed by atoms with van der Waals surface area (Å²) in [5.41, 5.74) is 0.340. The third-order valence-corrected chi connectivity index (χ3v) is 3.34. The summed E-state index contributed by atoms with van der Waals surface area (Å²) in [5, 5.41) is 3.34. The molecule has 2 heterocycles. The molecule has 1 unspecified atom stereocenters. The van der Waals surface area contributed by atoms with Gasteiger partial charge in [0.15, 0.2) is 0 Å². The molecular formula is C12H14Cl2N2O2. The summed E-state index contributed by atoms with van der Waals surface area (Å²) in [6.07, 6.45) is 4.68. The van der Waals surface area contributed by atoms with E-state index in [1.165, 1.54) is 12.3 Å². The van der Waals surface area contributed by atoms with Crippen molar-refractivity contribution in [2.24, 2.45) is 0 Å². The van der Waals surface area contributed by atoms with Gasteiger partial charge >= 0.3 is 0 Å². The average Bonchev–Trinajstić information content (AvgIpc) is 2.40. The molecule has 1 aliphatic heterocycles. The molecule has 1 amide bonds. The Morgan fingerprint density at radius 1 is 1.50 bits per heavy atom. The predicted octanol–water partition coefficient (Wildman–Crippen LogP) is 2.69. The molecule has 1 aliphatic rings. The molecule has 6 heteroatoms. The molecule has 0 radical (unpaired) electrons. The average molecular weight is 289 g/mol. The Kier molecular flexibility index (Phi) is 4.80. The summed E-state index contributed by atoms with van der Waals surface area (Å²) in [7, 11) is 0. The highest BCUT2D eigenvalue weighted by molar-refractivity contribution is 6.35. The molecule has 1 aromatic rings. The van der Waals surface area contributed by atoms with Gasteiger partial charge < -0.3 is 10.1 Å².